The highest BCUT2D eigenvalue weighted by Crippen LogP contribution is 2.25. The Hall–Kier alpha value is -1.69. The maximum Gasteiger partial charge on any atom is 0.165 e. The number of unbranched alkanes of at least 4 members (excludes halogenated alkanes) is 3. The van der Waals surface area contributed by atoms with Gasteiger partial charge in [0.1, 0.15) is 11.8 Å². The first-order valence-corrected chi connectivity index (χ1v) is 7.26. The van der Waals surface area contributed by atoms with E-state index in [1.165, 1.54) is 25.6 Å². The largest absolute Gasteiger partial charge is 0.391 e. The molecular weight excluding hydrogens is 254 g/mol. The molecule has 20 heavy (non-hydrogen) atoms. The van der Waals surface area contributed by atoms with E-state index in [4.69, 9.17) is 5.73 Å². The molecule has 0 radical (unpaired) electrons. The molecule has 0 fully saturated rings. The lowest BCUT2D eigenvalue weighted by molar-refractivity contribution is 0.124. The molecule has 2 rings (SSSR count). The van der Waals surface area contributed by atoms with E-state index < -0.39 is 6.10 Å². The third-order valence-corrected chi connectivity index (χ3v) is 3.65. The van der Waals surface area contributed by atoms with Crippen molar-refractivity contribution in [2.24, 2.45) is 0 Å². The smallest absolute Gasteiger partial charge is 0.165 e. The monoisotopic (exact) mass is 277 g/mol. The number of hydrogen-bond donors (Lipinski definition) is 2. The van der Waals surface area contributed by atoms with Crippen molar-refractivity contribution >= 4 is 17.0 Å². The summed E-state index contributed by atoms with van der Waals surface area (Å²) in [5.41, 5.74) is 7.09. The fraction of sp³-hybridized carbons (Fsp3) is 0.643. The predicted octanol–water partition coefficient (Wildman–Crippen LogP) is 2.30. The normalized spacial score (nSPS) is 14.6. The maximum absolute atomic E-state index is 10.0. The van der Waals surface area contributed by atoms with E-state index in [1.807, 2.05) is 4.57 Å². The summed E-state index contributed by atoms with van der Waals surface area (Å²) in [6.07, 6.45) is 8.30. The highest BCUT2D eigenvalue weighted by Gasteiger charge is 2.20. The van der Waals surface area contributed by atoms with Gasteiger partial charge in [-0.3, -0.25) is 0 Å². The van der Waals surface area contributed by atoms with E-state index in [-0.39, 0.29) is 6.04 Å². The molecule has 0 saturated heterocycles. The molecule has 0 aromatic carbocycles. The van der Waals surface area contributed by atoms with Gasteiger partial charge < -0.3 is 15.4 Å². The fourth-order valence-corrected chi connectivity index (χ4v) is 2.51. The summed E-state index contributed by atoms with van der Waals surface area (Å²) < 4.78 is 1.92. The van der Waals surface area contributed by atoms with Crippen LogP contribution in [0, 0.1) is 0 Å². The van der Waals surface area contributed by atoms with Crippen LogP contribution >= 0.6 is 0 Å². The van der Waals surface area contributed by atoms with Gasteiger partial charge in [-0.05, 0) is 13.3 Å². The molecule has 2 aromatic heterocycles. The highest BCUT2D eigenvalue weighted by atomic mass is 16.3. The molecule has 6 nitrogen and oxygen atoms in total. The second-order valence-corrected chi connectivity index (χ2v) is 5.24. The molecule has 2 aromatic rings. The zero-order valence-electron chi connectivity index (χ0n) is 12.2. The molecule has 0 amide bonds. The molecule has 0 bridgehead atoms. The van der Waals surface area contributed by atoms with E-state index in [9.17, 15) is 5.11 Å². The minimum atomic E-state index is -0.454. The Balaban J connectivity index is 2.21. The van der Waals surface area contributed by atoms with Gasteiger partial charge in [-0.1, -0.05) is 32.6 Å². The molecule has 3 N–H and O–H groups in total. The van der Waals surface area contributed by atoms with Gasteiger partial charge in [0.2, 0.25) is 0 Å². The summed E-state index contributed by atoms with van der Waals surface area (Å²) in [5, 5.41) is 10.0. The average Bonchev–Trinajstić information content (AvgIpc) is 2.84. The third-order valence-electron chi connectivity index (χ3n) is 3.65. The summed E-state index contributed by atoms with van der Waals surface area (Å²) >= 11 is 0. The van der Waals surface area contributed by atoms with E-state index >= 15 is 0 Å². The van der Waals surface area contributed by atoms with Gasteiger partial charge in [0.05, 0.1) is 18.5 Å². The van der Waals surface area contributed by atoms with Crippen LogP contribution in [0.15, 0.2) is 12.7 Å². The van der Waals surface area contributed by atoms with Crippen molar-refractivity contribution in [2.45, 2.75) is 58.1 Å². The first kappa shape index (κ1) is 14.7. The summed E-state index contributed by atoms with van der Waals surface area (Å²) in [4.78, 5) is 12.5. The minimum Gasteiger partial charge on any atom is -0.391 e. The Morgan fingerprint density at radius 3 is 2.75 bits per heavy atom. The van der Waals surface area contributed by atoms with Gasteiger partial charge in [-0.2, -0.15) is 0 Å². The van der Waals surface area contributed by atoms with Gasteiger partial charge in [-0.25, -0.2) is 15.0 Å². The van der Waals surface area contributed by atoms with Crippen LogP contribution in [-0.2, 0) is 0 Å². The molecule has 6 heteroatoms. The lowest BCUT2D eigenvalue weighted by Crippen LogP contribution is -2.21. The number of fused-ring (bicyclic) bond motifs is 1. The number of aliphatic hydroxyl groups is 1. The Morgan fingerprint density at radius 1 is 1.25 bits per heavy atom. The van der Waals surface area contributed by atoms with Crippen molar-refractivity contribution < 1.29 is 5.11 Å². The number of aliphatic hydroxyl groups excluding tert-OH is 1. The summed E-state index contributed by atoms with van der Waals surface area (Å²) in [6, 6.07) is -0.0221. The number of rotatable bonds is 7. The summed E-state index contributed by atoms with van der Waals surface area (Å²) in [5.74, 6) is 0.379. The maximum atomic E-state index is 10.0. The first-order valence-electron chi connectivity index (χ1n) is 7.26. The van der Waals surface area contributed by atoms with Crippen LogP contribution in [0.3, 0.4) is 0 Å². The lowest BCUT2D eigenvalue weighted by Gasteiger charge is -2.21. The second-order valence-electron chi connectivity index (χ2n) is 5.24. The Labute approximate surface area is 119 Å². The highest BCUT2D eigenvalue weighted by molar-refractivity contribution is 5.81. The standard InChI is InChI=1S/C14H23N5O/c1-3-4-5-6-7-11(10(2)20)19-9-18-12-13(15)16-8-17-14(12)19/h8-11,20H,3-7H2,1-2H3,(H2,15,16,17)/t10-,11-/m0/s1. The van der Waals surface area contributed by atoms with Crippen molar-refractivity contribution in [3.8, 4) is 0 Å². The second kappa shape index (κ2) is 6.65. The van der Waals surface area contributed by atoms with Crippen LogP contribution < -0.4 is 5.73 Å². The third kappa shape index (κ3) is 3.07. The van der Waals surface area contributed by atoms with Crippen LogP contribution in [-0.4, -0.2) is 30.7 Å². The number of nitrogens with zero attached hydrogens (tertiary/aromatic N) is 4. The van der Waals surface area contributed by atoms with Crippen molar-refractivity contribution in [3.05, 3.63) is 12.7 Å². The molecule has 0 aliphatic rings. The summed E-state index contributed by atoms with van der Waals surface area (Å²) in [7, 11) is 0. The molecule has 0 aliphatic heterocycles. The molecule has 110 valence electrons. The van der Waals surface area contributed by atoms with Crippen molar-refractivity contribution in [3.63, 3.8) is 0 Å². The number of anilines is 1. The van der Waals surface area contributed by atoms with E-state index in [0.717, 1.165) is 12.8 Å². The SMILES string of the molecule is CCCCCC[C@@H]([C@H](C)O)n1cnc2c(N)ncnc21. The van der Waals surface area contributed by atoms with Gasteiger partial charge in [-0.15, -0.1) is 0 Å². The van der Waals surface area contributed by atoms with E-state index in [1.54, 1.807) is 13.3 Å². The van der Waals surface area contributed by atoms with Gasteiger partial charge >= 0.3 is 0 Å². The number of hydrogen-bond acceptors (Lipinski definition) is 5. The number of nitrogens with two attached hydrogens (primary N) is 1. The van der Waals surface area contributed by atoms with Crippen molar-refractivity contribution in [1.29, 1.82) is 0 Å². The van der Waals surface area contributed by atoms with E-state index in [2.05, 4.69) is 21.9 Å². The molecule has 2 heterocycles. The van der Waals surface area contributed by atoms with Crippen LogP contribution in [0.5, 0.6) is 0 Å². The Bertz CT molecular complexity index is 551. The average molecular weight is 277 g/mol. The number of nitrogen functional groups attached to an aromatic ring is 1. The fourth-order valence-electron chi connectivity index (χ4n) is 2.51. The van der Waals surface area contributed by atoms with Gasteiger partial charge in [0.25, 0.3) is 0 Å². The first-order chi connectivity index (χ1) is 9.65. The van der Waals surface area contributed by atoms with Crippen molar-refractivity contribution in [1.82, 2.24) is 19.5 Å². The Morgan fingerprint density at radius 2 is 2.05 bits per heavy atom. The zero-order chi connectivity index (χ0) is 14.5. The van der Waals surface area contributed by atoms with Crippen LogP contribution in [0.4, 0.5) is 5.82 Å². The lowest BCUT2D eigenvalue weighted by atomic mass is 10.0. The minimum absolute atomic E-state index is 0.0221. The molecular formula is C14H23N5O. The van der Waals surface area contributed by atoms with Crippen LogP contribution in [0.2, 0.25) is 0 Å². The van der Waals surface area contributed by atoms with Crippen LogP contribution in [0.25, 0.3) is 11.2 Å². The topological polar surface area (TPSA) is 89.8 Å². The van der Waals surface area contributed by atoms with Gasteiger partial charge in [0, 0.05) is 0 Å². The molecule has 0 saturated carbocycles. The zero-order valence-corrected chi connectivity index (χ0v) is 12.2. The molecule has 0 aliphatic carbocycles. The summed E-state index contributed by atoms with van der Waals surface area (Å²) in [6.45, 7) is 4.00. The molecule has 0 spiro atoms. The van der Waals surface area contributed by atoms with E-state index in [0.29, 0.717) is 17.0 Å². The van der Waals surface area contributed by atoms with Crippen LogP contribution in [0.1, 0.15) is 52.0 Å². The molecule has 0 unspecified atom stereocenters. The number of imidazole rings is 1. The molecule has 2 atom stereocenters. The predicted molar refractivity (Wildman–Crippen MR) is 79.2 cm³/mol. The van der Waals surface area contributed by atoms with Gasteiger partial charge in [0.15, 0.2) is 11.5 Å². The Kier molecular flexibility index (Phi) is 4.89. The quantitative estimate of drug-likeness (QED) is 0.758. The number of aromatic nitrogens is 4. The van der Waals surface area contributed by atoms with Crippen molar-refractivity contribution in [2.75, 3.05) is 5.73 Å².